The van der Waals surface area contributed by atoms with E-state index in [1.54, 1.807) is 18.2 Å². The molecule has 1 aromatic carbocycles. The number of anilines is 1. The van der Waals surface area contributed by atoms with Crippen LogP contribution in [0.2, 0.25) is 0 Å². The molecule has 2 aliphatic rings. The minimum atomic E-state index is -4.52. The lowest BCUT2D eigenvalue weighted by atomic mass is 9.95. The molecular formula is C17H14F3N5O. The highest BCUT2D eigenvalue weighted by Crippen LogP contribution is 2.75. The van der Waals surface area contributed by atoms with Crippen LogP contribution in [0, 0.1) is 22.2 Å². The number of carbonyl (C=O) groups excluding carboxylic acids is 1. The van der Waals surface area contributed by atoms with Crippen LogP contribution in [0.5, 0.6) is 0 Å². The molecule has 6 nitrogen and oxygen atoms in total. The molecule has 0 bridgehead atoms. The van der Waals surface area contributed by atoms with Gasteiger partial charge in [0.15, 0.2) is 0 Å². The van der Waals surface area contributed by atoms with E-state index in [4.69, 9.17) is 5.84 Å². The van der Waals surface area contributed by atoms with E-state index in [9.17, 15) is 23.2 Å². The predicted molar refractivity (Wildman–Crippen MR) is 86.5 cm³/mol. The van der Waals surface area contributed by atoms with E-state index in [1.165, 1.54) is 17.2 Å². The summed E-state index contributed by atoms with van der Waals surface area (Å²) in [5.74, 6) is 4.35. The fourth-order valence-corrected chi connectivity index (χ4v) is 4.26. The van der Waals surface area contributed by atoms with Gasteiger partial charge >= 0.3 is 6.18 Å². The zero-order valence-corrected chi connectivity index (χ0v) is 13.5. The summed E-state index contributed by atoms with van der Waals surface area (Å²) in [7, 11) is 0. The average molecular weight is 361 g/mol. The third-order valence-corrected chi connectivity index (χ3v) is 5.63. The predicted octanol–water partition coefficient (Wildman–Crippen LogP) is 1.86. The molecule has 1 aliphatic carbocycles. The summed E-state index contributed by atoms with van der Waals surface area (Å²) < 4.78 is 41.2. The van der Waals surface area contributed by atoms with Gasteiger partial charge in [-0.15, -0.1) is 0 Å². The molecule has 1 saturated carbocycles. The summed E-state index contributed by atoms with van der Waals surface area (Å²) in [6.45, 7) is -0.425. The zero-order chi connectivity index (χ0) is 18.7. The second-order valence-corrected chi connectivity index (χ2v) is 6.81. The van der Waals surface area contributed by atoms with E-state index < -0.39 is 22.9 Å². The third-order valence-electron chi connectivity index (χ3n) is 5.63. The maximum absolute atomic E-state index is 13.7. The quantitative estimate of drug-likeness (QED) is 0.484. The summed E-state index contributed by atoms with van der Waals surface area (Å²) in [5, 5.41) is 9.79. The van der Waals surface area contributed by atoms with Gasteiger partial charge in [0, 0.05) is 30.4 Å². The number of nitriles is 1. The molecule has 0 radical (unpaired) electrons. The Morgan fingerprint density at radius 1 is 1.35 bits per heavy atom. The number of aromatic nitrogens is 1. The van der Waals surface area contributed by atoms with Gasteiger partial charge in [0.25, 0.3) is 0 Å². The van der Waals surface area contributed by atoms with Crippen molar-refractivity contribution >= 4 is 22.5 Å². The van der Waals surface area contributed by atoms with Crippen LogP contribution in [0.1, 0.15) is 12.0 Å². The van der Waals surface area contributed by atoms with Gasteiger partial charge in [-0.25, -0.2) is 5.84 Å². The first kappa shape index (κ1) is 16.6. The van der Waals surface area contributed by atoms with Crippen molar-refractivity contribution in [3.05, 3.63) is 36.0 Å². The fraction of sp³-hybridized carbons (Fsp3) is 0.353. The summed E-state index contributed by atoms with van der Waals surface area (Å²) in [4.78, 5) is 17.9. The van der Waals surface area contributed by atoms with E-state index in [-0.39, 0.29) is 19.5 Å². The summed E-state index contributed by atoms with van der Waals surface area (Å²) >= 11 is 0. The monoisotopic (exact) mass is 361 g/mol. The third kappa shape index (κ3) is 1.90. The number of carbonyl (C=O) groups is 1. The highest BCUT2D eigenvalue weighted by atomic mass is 19.4. The van der Waals surface area contributed by atoms with Gasteiger partial charge in [-0.05, 0) is 30.7 Å². The molecule has 1 saturated heterocycles. The van der Waals surface area contributed by atoms with Crippen molar-refractivity contribution in [1.29, 1.82) is 5.26 Å². The number of hydrogen-bond acceptors (Lipinski definition) is 5. The van der Waals surface area contributed by atoms with Crippen molar-refractivity contribution in [3.8, 4) is 6.07 Å². The maximum Gasteiger partial charge on any atom is 0.397 e. The molecule has 134 valence electrons. The highest BCUT2D eigenvalue weighted by Gasteiger charge is 2.86. The number of benzene rings is 1. The Kier molecular flexibility index (Phi) is 3.24. The summed E-state index contributed by atoms with van der Waals surface area (Å²) in [5.41, 5.74) is -0.509. The molecule has 9 heteroatoms. The summed E-state index contributed by atoms with van der Waals surface area (Å²) in [6.07, 6.45) is -3.26. The number of fused-ring (bicyclic) bond motifs is 2. The largest absolute Gasteiger partial charge is 0.397 e. The Hall–Kier alpha value is -2.86. The van der Waals surface area contributed by atoms with Gasteiger partial charge in [-0.1, -0.05) is 0 Å². The summed E-state index contributed by atoms with van der Waals surface area (Å²) in [6, 6.07) is 8.53. The lowest BCUT2D eigenvalue weighted by Crippen LogP contribution is -2.43. The van der Waals surface area contributed by atoms with Gasteiger partial charge in [-0.3, -0.25) is 15.2 Å². The van der Waals surface area contributed by atoms with E-state index in [0.717, 1.165) is 0 Å². The lowest BCUT2D eigenvalue weighted by Gasteiger charge is -2.25. The topological polar surface area (TPSA) is 95.0 Å². The van der Waals surface area contributed by atoms with E-state index in [0.29, 0.717) is 22.2 Å². The highest BCUT2D eigenvalue weighted by molar-refractivity contribution is 5.97. The molecule has 2 heterocycles. The molecule has 2 aromatic rings. The molecule has 2 fully saturated rings. The van der Waals surface area contributed by atoms with Crippen molar-refractivity contribution in [3.63, 3.8) is 0 Å². The number of nitrogens with zero attached hydrogens (tertiary/aromatic N) is 3. The molecule has 1 aromatic heterocycles. The number of nitrogens with two attached hydrogens (primary N) is 1. The molecule has 1 amide bonds. The molecule has 26 heavy (non-hydrogen) atoms. The Morgan fingerprint density at radius 2 is 2.12 bits per heavy atom. The van der Waals surface area contributed by atoms with Gasteiger partial charge in [-0.2, -0.15) is 18.4 Å². The Morgan fingerprint density at radius 3 is 2.77 bits per heavy atom. The SMILES string of the molecule is N#Cc1ccc(N2C[C@@]3(C(=O)NN)C[C@@]3(C(F)(F)F)C2)c2cccnc12. The fourth-order valence-electron chi connectivity index (χ4n) is 4.26. The van der Waals surface area contributed by atoms with Crippen LogP contribution in [0.3, 0.4) is 0 Å². The van der Waals surface area contributed by atoms with Crippen molar-refractivity contribution in [2.24, 2.45) is 16.7 Å². The first-order valence-electron chi connectivity index (χ1n) is 7.90. The van der Waals surface area contributed by atoms with Gasteiger partial charge in [0.05, 0.1) is 16.5 Å². The van der Waals surface area contributed by atoms with Crippen LogP contribution < -0.4 is 16.2 Å². The van der Waals surface area contributed by atoms with Gasteiger partial charge < -0.3 is 4.90 Å². The van der Waals surface area contributed by atoms with Crippen LogP contribution in [-0.4, -0.2) is 30.2 Å². The molecule has 4 rings (SSSR count). The minimum absolute atomic E-state index is 0.0918. The number of hydrazine groups is 1. The van der Waals surface area contributed by atoms with Crippen LogP contribution in [-0.2, 0) is 4.79 Å². The van der Waals surface area contributed by atoms with Crippen molar-refractivity contribution in [1.82, 2.24) is 10.4 Å². The molecule has 3 N–H and O–H groups in total. The van der Waals surface area contributed by atoms with Gasteiger partial charge in [0.1, 0.15) is 11.5 Å². The number of halogens is 3. The average Bonchev–Trinajstić information content (AvgIpc) is 3.18. The normalized spacial score (nSPS) is 27.1. The Bertz CT molecular complexity index is 969. The standard InChI is InChI=1S/C17H14F3N5O/c18-17(19,20)16-7-15(16,14(26)24-22)8-25(9-16)12-4-3-10(6-21)13-11(12)2-1-5-23-13/h1-5H,7-9,22H2,(H,24,26)/t15-,16-/m1/s1. The second kappa shape index (κ2) is 5.08. The number of alkyl halides is 3. The van der Waals surface area contributed by atoms with Crippen LogP contribution >= 0.6 is 0 Å². The second-order valence-electron chi connectivity index (χ2n) is 6.81. The first-order valence-corrected chi connectivity index (χ1v) is 7.90. The zero-order valence-electron chi connectivity index (χ0n) is 13.5. The maximum atomic E-state index is 13.7. The number of piperidine rings is 1. The van der Waals surface area contributed by atoms with Crippen LogP contribution in [0.15, 0.2) is 30.5 Å². The van der Waals surface area contributed by atoms with Crippen LogP contribution in [0.4, 0.5) is 18.9 Å². The van der Waals surface area contributed by atoms with E-state index in [1.807, 2.05) is 11.5 Å². The van der Waals surface area contributed by atoms with E-state index >= 15 is 0 Å². The Balaban J connectivity index is 1.82. The van der Waals surface area contributed by atoms with E-state index in [2.05, 4.69) is 4.98 Å². The van der Waals surface area contributed by atoms with Crippen molar-refractivity contribution in [2.45, 2.75) is 12.6 Å². The number of amides is 1. The molecule has 0 spiro atoms. The van der Waals surface area contributed by atoms with Crippen LogP contribution in [0.25, 0.3) is 10.9 Å². The first-order chi connectivity index (χ1) is 12.3. The van der Waals surface area contributed by atoms with Crippen molar-refractivity contribution < 1.29 is 18.0 Å². The number of hydrogen-bond donors (Lipinski definition) is 2. The minimum Gasteiger partial charge on any atom is -0.369 e. The van der Waals surface area contributed by atoms with Crippen molar-refractivity contribution in [2.75, 3.05) is 18.0 Å². The molecule has 2 atom stereocenters. The number of nitrogens with one attached hydrogen (secondary N) is 1. The molecule has 0 unspecified atom stereocenters. The number of rotatable bonds is 2. The lowest BCUT2D eigenvalue weighted by molar-refractivity contribution is -0.191. The molecular weight excluding hydrogens is 347 g/mol. The molecule has 1 aliphatic heterocycles. The smallest absolute Gasteiger partial charge is 0.369 e. The van der Waals surface area contributed by atoms with Gasteiger partial charge in [0.2, 0.25) is 5.91 Å². The Labute approximate surface area is 146 Å². The number of pyridine rings is 1.